The van der Waals surface area contributed by atoms with E-state index in [0.29, 0.717) is 11.7 Å². The molecule has 2 saturated heterocycles. The van der Waals surface area contributed by atoms with Gasteiger partial charge < -0.3 is 9.64 Å². The van der Waals surface area contributed by atoms with Crippen LogP contribution in [-0.2, 0) is 0 Å². The maximum absolute atomic E-state index is 14.9. The van der Waals surface area contributed by atoms with Crippen molar-refractivity contribution in [2.45, 2.75) is 44.1 Å². The van der Waals surface area contributed by atoms with Crippen LogP contribution in [0.3, 0.4) is 0 Å². The van der Waals surface area contributed by atoms with Crippen molar-refractivity contribution in [3.05, 3.63) is 59.4 Å². The lowest BCUT2D eigenvalue weighted by Crippen LogP contribution is -2.41. The summed E-state index contributed by atoms with van der Waals surface area (Å²) in [7, 11) is 0. The Hall–Kier alpha value is -2.25. The van der Waals surface area contributed by atoms with Crippen molar-refractivity contribution in [1.82, 2.24) is 9.03 Å². The molecule has 3 aliphatic rings. The maximum atomic E-state index is 14.9. The average molecular weight is 442 g/mol. The van der Waals surface area contributed by atoms with E-state index in [2.05, 4.69) is 26.1 Å². The van der Waals surface area contributed by atoms with Crippen molar-refractivity contribution in [2.75, 3.05) is 31.1 Å². The number of rotatable bonds is 7. The Kier molecular flexibility index (Phi) is 6.05. The molecule has 0 unspecified atom stereocenters. The third kappa shape index (κ3) is 4.83. The van der Waals surface area contributed by atoms with E-state index in [9.17, 15) is 9.18 Å². The summed E-state index contributed by atoms with van der Waals surface area (Å²) in [5.41, 5.74) is 2.27. The second-order valence-electron chi connectivity index (χ2n) is 8.61. The summed E-state index contributed by atoms with van der Waals surface area (Å²) in [6.07, 6.45) is 5.25. The highest BCUT2D eigenvalue weighted by Gasteiger charge is 2.31. The Balaban J connectivity index is 1.30. The van der Waals surface area contributed by atoms with Crippen LogP contribution in [0, 0.1) is 5.82 Å². The van der Waals surface area contributed by atoms with Crippen LogP contribution >= 0.6 is 12.1 Å². The Labute approximate surface area is 187 Å². The van der Waals surface area contributed by atoms with E-state index < -0.39 is 5.82 Å². The van der Waals surface area contributed by atoms with Crippen LogP contribution in [0.2, 0.25) is 0 Å². The fraction of sp³-hybridized carbons (Fsp3) is 0.458. The highest BCUT2D eigenvalue weighted by molar-refractivity contribution is 7.95. The van der Waals surface area contributed by atoms with E-state index in [1.54, 1.807) is 6.07 Å². The number of hydrogen-bond donors (Lipinski definition) is 1. The summed E-state index contributed by atoms with van der Waals surface area (Å²) < 4.78 is 26.1. The van der Waals surface area contributed by atoms with Gasteiger partial charge in [0.1, 0.15) is 17.7 Å². The standard InChI is InChI=1S/C24H28FN3O2S/c25-22-15-23(30-19-8-4-11-27(16-19)18-6-2-1-3-7-18)20(17-9-10-17)14-21(22)24(29)26-31-28-12-5-13-28/h1-3,6-7,14-15,17,19H,4-5,8-13,16H2,(H,26,29)/t19-/m1/s1. The lowest BCUT2D eigenvalue weighted by molar-refractivity contribution is 0.0978. The maximum Gasteiger partial charge on any atom is 0.265 e. The average Bonchev–Trinajstić information content (AvgIpc) is 3.59. The van der Waals surface area contributed by atoms with Crippen molar-refractivity contribution < 1.29 is 13.9 Å². The lowest BCUT2D eigenvalue weighted by atomic mass is 10.0. The van der Waals surface area contributed by atoms with E-state index in [1.807, 2.05) is 18.2 Å². The van der Waals surface area contributed by atoms with Crippen molar-refractivity contribution in [1.29, 1.82) is 0 Å². The van der Waals surface area contributed by atoms with Gasteiger partial charge in [0.25, 0.3) is 5.91 Å². The third-order valence-corrected chi connectivity index (χ3v) is 7.14. The molecule has 0 radical (unpaired) electrons. The lowest BCUT2D eigenvalue weighted by Gasteiger charge is -2.35. The van der Waals surface area contributed by atoms with Crippen LogP contribution in [-0.4, -0.2) is 42.5 Å². The molecule has 31 heavy (non-hydrogen) atoms. The van der Waals surface area contributed by atoms with Crippen LogP contribution in [0.4, 0.5) is 10.1 Å². The zero-order valence-electron chi connectivity index (χ0n) is 17.6. The summed E-state index contributed by atoms with van der Waals surface area (Å²) in [5.74, 6) is 0.0680. The van der Waals surface area contributed by atoms with Gasteiger partial charge in [-0.1, -0.05) is 18.2 Å². The SMILES string of the molecule is O=C(NSN1CCC1)c1cc(C2CC2)c(O[C@@H]2CCCN(c3ccccc3)C2)cc1F. The zero-order valence-corrected chi connectivity index (χ0v) is 18.4. The van der Waals surface area contributed by atoms with Crippen LogP contribution in [0.25, 0.3) is 0 Å². The van der Waals surface area contributed by atoms with E-state index in [1.165, 1.54) is 23.9 Å². The van der Waals surface area contributed by atoms with Gasteiger partial charge in [0.15, 0.2) is 0 Å². The molecule has 3 fully saturated rings. The molecule has 2 aromatic rings. The van der Waals surface area contributed by atoms with Gasteiger partial charge in [0.05, 0.1) is 12.1 Å². The quantitative estimate of drug-likeness (QED) is 0.629. The Bertz CT molecular complexity index is 934. The Morgan fingerprint density at radius 1 is 1.06 bits per heavy atom. The molecular weight excluding hydrogens is 413 g/mol. The first-order chi connectivity index (χ1) is 15.2. The first-order valence-electron chi connectivity index (χ1n) is 11.2. The molecule has 1 saturated carbocycles. The summed E-state index contributed by atoms with van der Waals surface area (Å²) in [6, 6.07) is 13.5. The van der Waals surface area contributed by atoms with Gasteiger partial charge in [-0.15, -0.1) is 0 Å². The third-order valence-electron chi connectivity index (χ3n) is 6.24. The molecular formula is C24H28FN3O2S. The molecule has 0 aromatic heterocycles. The highest BCUT2D eigenvalue weighted by Crippen LogP contribution is 2.45. The predicted octanol–water partition coefficient (Wildman–Crippen LogP) is 4.75. The van der Waals surface area contributed by atoms with E-state index in [4.69, 9.17) is 4.74 Å². The van der Waals surface area contributed by atoms with Crippen molar-refractivity contribution >= 4 is 23.7 Å². The second-order valence-corrected chi connectivity index (χ2v) is 9.52. The van der Waals surface area contributed by atoms with Gasteiger partial charge in [0.2, 0.25) is 0 Å². The number of benzene rings is 2. The molecule has 5 nitrogen and oxygen atoms in total. The monoisotopic (exact) mass is 441 g/mol. The molecule has 1 N–H and O–H groups in total. The van der Waals surface area contributed by atoms with Crippen molar-refractivity contribution in [2.24, 2.45) is 0 Å². The van der Waals surface area contributed by atoms with Crippen LogP contribution in [0.5, 0.6) is 5.75 Å². The zero-order chi connectivity index (χ0) is 21.2. The summed E-state index contributed by atoms with van der Waals surface area (Å²) in [5, 5.41) is 0. The summed E-state index contributed by atoms with van der Waals surface area (Å²) in [6.45, 7) is 3.69. The number of amides is 1. The van der Waals surface area contributed by atoms with Gasteiger partial charge in [0, 0.05) is 43.5 Å². The Morgan fingerprint density at radius 2 is 1.87 bits per heavy atom. The molecule has 7 heteroatoms. The van der Waals surface area contributed by atoms with Gasteiger partial charge in [-0.05, 0) is 61.8 Å². The molecule has 2 heterocycles. The van der Waals surface area contributed by atoms with Crippen LogP contribution < -0.4 is 14.4 Å². The number of nitrogens with one attached hydrogen (secondary N) is 1. The van der Waals surface area contributed by atoms with Crippen molar-refractivity contribution in [3.8, 4) is 5.75 Å². The molecule has 5 rings (SSSR count). The molecule has 164 valence electrons. The van der Waals surface area contributed by atoms with Gasteiger partial charge in [-0.25, -0.2) is 8.70 Å². The molecule has 0 spiro atoms. The summed E-state index contributed by atoms with van der Waals surface area (Å²) in [4.78, 5) is 14.9. The van der Waals surface area contributed by atoms with E-state index in [0.717, 1.165) is 63.8 Å². The fourth-order valence-electron chi connectivity index (χ4n) is 4.19. The van der Waals surface area contributed by atoms with Crippen LogP contribution in [0.1, 0.15) is 53.9 Å². The van der Waals surface area contributed by atoms with Crippen molar-refractivity contribution in [3.63, 3.8) is 0 Å². The number of nitrogens with zero attached hydrogens (tertiary/aromatic N) is 2. The molecule has 2 aliphatic heterocycles. The number of ether oxygens (including phenoxy) is 1. The first kappa shape index (κ1) is 20.6. The number of para-hydroxylation sites is 1. The smallest absolute Gasteiger partial charge is 0.265 e. The number of anilines is 1. The molecule has 2 aromatic carbocycles. The molecule has 1 amide bonds. The van der Waals surface area contributed by atoms with E-state index in [-0.39, 0.29) is 17.6 Å². The molecule has 1 aliphatic carbocycles. The number of carbonyl (C=O) groups is 1. The number of piperidine rings is 1. The number of halogens is 1. The summed E-state index contributed by atoms with van der Waals surface area (Å²) >= 11 is 1.27. The molecule has 1 atom stereocenters. The number of hydrogen-bond acceptors (Lipinski definition) is 5. The minimum Gasteiger partial charge on any atom is -0.488 e. The largest absolute Gasteiger partial charge is 0.488 e. The molecule has 0 bridgehead atoms. The highest BCUT2D eigenvalue weighted by atomic mass is 32.2. The number of carbonyl (C=O) groups excluding carboxylic acids is 1. The van der Waals surface area contributed by atoms with Gasteiger partial charge in [-0.2, -0.15) is 0 Å². The van der Waals surface area contributed by atoms with Gasteiger partial charge in [-0.3, -0.25) is 9.52 Å². The Morgan fingerprint density at radius 3 is 2.58 bits per heavy atom. The normalized spacial score (nSPS) is 21.5. The van der Waals surface area contributed by atoms with Gasteiger partial charge >= 0.3 is 0 Å². The first-order valence-corrected chi connectivity index (χ1v) is 12.0. The topological polar surface area (TPSA) is 44.8 Å². The predicted molar refractivity (Wildman–Crippen MR) is 122 cm³/mol. The van der Waals surface area contributed by atoms with Crippen LogP contribution in [0.15, 0.2) is 42.5 Å². The minimum absolute atomic E-state index is 0.00695. The van der Waals surface area contributed by atoms with E-state index >= 15 is 0 Å². The fourth-order valence-corrected chi connectivity index (χ4v) is 4.95. The second kappa shape index (κ2) is 9.09. The minimum atomic E-state index is -0.517.